The van der Waals surface area contributed by atoms with Crippen LogP contribution in [0.3, 0.4) is 0 Å². The molecule has 2 aromatic heterocycles. The summed E-state index contributed by atoms with van der Waals surface area (Å²) in [7, 11) is 0. The van der Waals surface area contributed by atoms with E-state index in [1.165, 1.54) is 6.07 Å². The number of anilines is 1. The first kappa shape index (κ1) is 15.6. The highest BCUT2D eigenvalue weighted by molar-refractivity contribution is 5.71. The van der Waals surface area contributed by atoms with Crippen LogP contribution in [0.5, 0.6) is 0 Å². The van der Waals surface area contributed by atoms with E-state index in [4.69, 9.17) is 4.52 Å². The Balaban J connectivity index is 1.97. The van der Waals surface area contributed by atoms with Gasteiger partial charge in [0.15, 0.2) is 0 Å². The van der Waals surface area contributed by atoms with E-state index in [1.54, 1.807) is 36.7 Å². The van der Waals surface area contributed by atoms with E-state index in [-0.39, 0.29) is 11.7 Å². The van der Waals surface area contributed by atoms with Crippen LogP contribution in [0.4, 0.5) is 11.4 Å². The Morgan fingerprint density at radius 3 is 2.58 bits per heavy atom. The molecule has 3 aromatic rings. The molecule has 0 saturated heterocycles. The zero-order chi connectivity index (χ0) is 17.1. The maximum Gasteiger partial charge on any atom is 0.293 e. The number of hydrogen-bond donors (Lipinski definition) is 1. The fourth-order valence-electron chi connectivity index (χ4n) is 2.21. The van der Waals surface area contributed by atoms with Gasteiger partial charge in [-0.15, -0.1) is 0 Å². The topological polar surface area (TPSA) is 107 Å². The molecular formula is C16H15N5O3. The van der Waals surface area contributed by atoms with E-state index in [0.717, 1.165) is 5.56 Å². The van der Waals surface area contributed by atoms with Gasteiger partial charge >= 0.3 is 0 Å². The van der Waals surface area contributed by atoms with Crippen LogP contribution in [0, 0.1) is 10.1 Å². The number of nitro groups is 1. The molecule has 0 saturated carbocycles. The maximum atomic E-state index is 11.3. The first-order chi connectivity index (χ1) is 11.5. The summed E-state index contributed by atoms with van der Waals surface area (Å²) < 4.78 is 5.23. The molecule has 2 heterocycles. The zero-order valence-corrected chi connectivity index (χ0v) is 13.1. The minimum atomic E-state index is -0.432. The van der Waals surface area contributed by atoms with Gasteiger partial charge in [0, 0.05) is 35.6 Å². The number of nitro benzene ring substituents is 1. The first-order valence-corrected chi connectivity index (χ1v) is 7.34. The van der Waals surface area contributed by atoms with Crippen LogP contribution in [-0.4, -0.2) is 26.1 Å². The van der Waals surface area contributed by atoms with Crippen molar-refractivity contribution in [3.63, 3.8) is 0 Å². The van der Waals surface area contributed by atoms with Gasteiger partial charge in [0.1, 0.15) is 5.69 Å². The number of rotatable bonds is 5. The normalized spacial score (nSPS) is 10.8. The van der Waals surface area contributed by atoms with Crippen molar-refractivity contribution in [2.75, 3.05) is 5.32 Å². The third-order valence-electron chi connectivity index (χ3n) is 3.25. The maximum absolute atomic E-state index is 11.3. The molecule has 0 atom stereocenters. The van der Waals surface area contributed by atoms with Gasteiger partial charge in [-0.1, -0.05) is 5.16 Å². The van der Waals surface area contributed by atoms with E-state index >= 15 is 0 Å². The molecule has 1 aromatic carbocycles. The second-order valence-electron chi connectivity index (χ2n) is 5.45. The van der Waals surface area contributed by atoms with Gasteiger partial charge in [-0.05, 0) is 38.1 Å². The Kier molecular flexibility index (Phi) is 4.19. The van der Waals surface area contributed by atoms with E-state index in [0.29, 0.717) is 23.0 Å². The molecule has 8 nitrogen and oxygen atoms in total. The lowest BCUT2D eigenvalue weighted by Gasteiger charge is -2.10. The highest BCUT2D eigenvalue weighted by atomic mass is 16.6. The molecule has 8 heteroatoms. The molecule has 0 spiro atoms. The average Bonchev–Trinajstić information content (AvgIpc) is 3.05. The van der Waals surface area contributed by atoms with Crippen LogP contribution in [0.1, 0.15) is 13.8 Å². The van der Waals surface area contributed by atoms with Crippen molar-refractivity contribution in [3.05, 3.63) is 52.8 Å². The SMILES string of the molecule is CC(C)Nc1ccc(-c2noc(-c3ccncc3)n2)cc1[N+](=O)[O-]. The van der Waals surface area contributed by atoms with Gasteiger partial charge in [-0.3, -0.25) is 15.1 Å². The average molecular weight is 325 g/mol. The lowest BCUT2D eigenvalue weighted by molar-refractivity contribution is -0.383. The molecule has 0 bridgehead atoms. The molecule has 1 N–H and O–H groups in total. The lowest BCUT2D eigenvalue weighted by Crippen LogP contribution is -2.11. The first-order valence-electron chi connectivity index (χ1n) is 7.34. The summed E-state index contributed by atoms with van der Waals surface area (Å²) in [5.74, 6) is 0.625. The van der Waals surface area contributed by atoms with E-state index in [9.17, 15) is 10.1 Å². The number of benzene rings is 1. The summed E-state index contributed by atoms with van der Waals surface area (Å²) in [6.07, 6.45) is 3.24. The summed E-state index contributed by atoms with van der Waals surface area (Å²) in [5.41, 5.74) is 1.67. The van der Waals surface area contributed by atoms with Crippen molar-refractivity contribution >= 4 is 11.4 Å². The van der Waals surface area contributed by atoms with Gasteiger partial charge < -0.3 is 9.84 Å². The molecule has 0 amide bonds. The fourth-order valence-corrected chi connectivity index (χ4v) is 2.21. The Labute approximate surface area is 137 Å². The smallest absolute Gasteiger partial charge is 0.293 e. The summed E-state index contributed by atoms with van der Waals surface area (Å²) in [5, 5.41) is 18.3. The standard InChI is InChI=1S/C16H15N5O3/c1-10(2)18-13-4-3-12(9-14(13)21(22)23)15-19-16(24-20-15)11-5-7-17-8-6-11/h3-10,18H,1-2H3. The Hall–Kier alpha value is -3.29. The molecule has 0 aliphatic rings. The van der Waals surface area contributed by atoms with Gasteiger partial charge in [-0.2, -0.15) is 4.98 Å². The quantitative estimate of drug-likeness (QED) is 0.564. The lowest BCUT2D eigenvalue weighted by atomic mass is 10.1. The third-order valence-corrected chi connectivity index (χ3v) is 3.25. The summed E-state index contributed by atoms with van der Waals surface area (Å²) in [4.78, 5) is 19.1. The minimum Gasteiger partial charge on any atom is -0.377 e. The van der Waals surface area contributed by atoms with Crippen molar-refractivity contribution < 1.29 is 9.45 Å². The van der Waals surface area contributed by atoms with Crippen molar-refractivity contribution in [1.82, 2.24) is 15.1 Å². The van der Waals surface area contributed by atoms with Crippen LogP contribution in [-0.2, 0) is 0 Å². The molecule has 0 fully saturated rings. The van der Waals surface area contributed by atoms with Crippen molar-refractivity contribution in [2.45, 2.75) is 19.9 Å². The third kappa shape index (κ3) is 3.22. The van der Waals surface area contributed by atoms with Crippen LogP contribution in [0.15, 0.2) is 47.2 Å². The Morgan fingerprint density at radius 2 is 1.92 bits per heavy atom. The van der Waals surface area contributed by atoms with Gasteiger partial charge in [0.05, 0.1) is 4.92 Å². The van der Waals surface area contributed by atoms with E-state index in [1.807, 2.05) is 13.8 Å². The predicted octanol–water partition coefficient (Wildman–Crippen LogP) is 3.53. The van der Waals surface area contributed by atoms with Crippen LogP contribution >= 0.6 is 0 Å². The number of nitrogens with one attached hydrogen (secondary N) is 1. The highest BCUT2D eigenvalue weighted by Gasteiger charge is 2.18. The summed E-state index contributed by atoms with van der Waals surface area (Å²) in [6.45, 7) is 3.83. The van der Waals surface area contributed by atoms with E-state index in [2.05, 4.69) is 20.4 Å². The molecular weight excluding hydrogens is 310 g/mol. The molecule has 122 valence electrons. The van der Waals surface area contributed by atoms with Crippen molar-refractivity contribution in [3.8, 4) is 22.8 Å². The predicted molar refractivity (Wildman–Crippen MR) is 88.4 cm³/mol. The number of nitrogens with zero attached hydrogens (tertiary/aromatic N) is 4. The molecule has 3 rings (SSSR count). The monoisotopic (exact) mass is 325 g/mol. The van der Waals surface area contributed by atoms with Crippen LogP contribution in [0.25, 0.3) is 22.8 Å². The van der Waals surface area contributed by atoms with Gasteiger partial charge in [0.2, 0.25) is 5.82 Å². The van der Waals surface area contributed by atoms with Crippen molar-refractivity contribution in [1.29, 1.82) is 0 Å². The number of aromatic nitrogens is 3. The van der Waals surface area contributed by atoms with Gasteiger partial charge in [-0.25, -0.2) is 0 Å². The second kappa shape index (κ2) is 6.45. The minimum absolute atomic E-state index is 0.0311. The molecule has 0 aliphatic carbocycles. The summed E-state index contributed by atoms with van der Waals surface area (Å²) in [6, 6.07) is 8.38. The van der Waals surface area contributed by atoms with Crippen LogP contribution in [0.2, 0.25) is 0 Å². The Bertz CT molecular complexity index is 861. The zero-order valence-electron chi connectivity index (χ0n) is 13.1. The van der Waals surface area contributed by atoms with Crippen molar-refractivity contribution in [2.24, 2.45) is 0 Å². The number of hydrogen-bond acceptors (Lipinski definition) is 7. The molecule has 24 heavy (non-hydrogen) atoms. The fraction of sp³-hybridized carbons (Fsp3) is 0.188. The summed E-state index contributed by atoms with van der Waals surface area (Å²) >= 11 is 0. The highest BCUT2D eigenvalue weighted by Crippen LogP contribution is 2.30. The molecule has 0 unspecified atom stereocenters. The largest absolute Gasteiger partial charge is 0.377 e. The van der Waals surface area contributed by atoms with E-state index < -0.39 is 4.92 Å². The second-order valence-corrected chi connectivity index (χ2v) is 5.45. The Morgan fingerprint density at radius 1 is 1.17 bits per heavy atom. The molecule has 0 aliphatic heterocycles. The number of pyridine rings is 1. The van der Waals surface area contributed by atoms with Crippen LogP contribution < -0.4 is 5.32 Å². The molecule has 0 radical (unpaired) electrons. The van der Waals surface area contributed by atoms with Gasteiger partial charge in [0.25, 0.3) is 11.6 Å².